The lowest BCUT2D eigenvalue weighted by Gasteiger charge is -2.16. The fourth-order valence-corrected chi connectivity index (χ4v) is 3.31. The molecule has 2 aromatic rings. The molecule has 2 N–H and O–H groups in total. The van der Waals surface area contributed by atoms with Gasteiger partial charge in [-0.1, -0.05) is 60.6 Å². The fourth-order valence-electron chi connectivity index (χ4n) is 3.31. The first-order valence-electron chi connectivity index (χ1n) is 9.64. The summed E-state index contributed by atoms with van der Waals surface area (Å²) in [6.45, 7) is 5.81. The van der Waals surface area contributed by atoms with Gasteiger partial charge in [-0.15, -0.1) is 0 Å². The summed E-state index contributed by atoms with van der Waals surface area (Å²) in [6.07, 6.45) is 1.74. The molecule has 0 aromatic heterocycles. The molecule has 1 atom stereocenters. The number of carbonyl (C=O) groups excluding carboxylic acids is 2. The summed E-state index contributed by atoms with van der Waals surface area (Å²) < 4.78 is 0. The van der Waals surface area contributed by atoms with Gasteiger partial charge >= 0.3 is 0 Å². The van der Waals surface area contributed by atoms with Crippen LogP contribution in [0.25, 0.3) is 0 Å². The van der Waals surface area contributed by atoms with Gasteiger partial charge in [-0.25, -0.2) is 0 Å². The SMILES string of the molecule is CC[C@@H](C(=O)c1ccccc1)/C(CCCC(=O)Nc1c(C)cccc1C)=N\O. The molecule has 0 saturated heterocycles. The Bertz CT molecular complexity index is 824. The maximum Gasteiger partial charge on any atom is 0.224 e. The highest BCUT2D eigenvalue weighted by molar-refractivity contribution is 6.12. The van der Waals surface area contributed by atoms with Crippen LogP contribution in [0, 0.1) is 19.8 Å². The van der Waals surface area contributed by atoms with E-state index >= 15 is 0 Å². The quantitative estimate of drug-likeness (QED) is 0.273. The molecule has 0 aliphatic rings. The van der Waals surface area contributed by atoms with Gasteiger partial charge in [-0.3, -0.25) is 9.59 Å². The second-order valence-corrected chi connectivity index (χ2v) is 6.95. The highest BCUT2D eigenvalue weighted by Gasteiger charge is 2.24. The van der Waals surface area contributed by atoms with E-state index in [1.165, 1.54) is 0 Å². The molecule has 0 aliphatic heterocycles. The van der Waals surface area contributed by atoms with E-state index in [2.05, 4.69) is 10.5 Å². The number of nitrogens with one attached hydrogen (secondary N) is 1. The van der Waals surface area contributed by atoms with E-state index in [0.29, 0.717) is 37.0 Å². The smallest absolute Gasteiger partial charge is 0.224 e. The van der Waals surface area contributed by atoms with Crippen molar-refractivity contribution in [2.45, 2.75) is 46.5 Å². The topological polar surface area (TPSA) is 78.8 Å². The average Bonchev–Trinajstić information content (AvgIpc) is 2.70. The van der Waals surface area contributed by atoms with Crippen LogP contribution in [-0.2, 0) is 4.79 Å². The number of hydrogen-bond acceptors (Lipinski definition) is 4. The summed E-state index contributed by atoms with van der Waals surface area (Å²) in [5.74, 6) is -0.623. The average molecular weight is 380 g/mol. The van der Waals surface area contributed by atoms with Crippen LogP contribution in [0.1, 0.15) is 54.1 Å². The number of Topliss-reactive ketones (excluding diaryl/α,β-unsaturated/α-hetero) is 1. The van der Waals surface area contributed by atoms with Crippen molar-refractivity contribution in [2.24, 2.45) is 11.1 Å². The number of carbonyl (C=O) groups is 2. The molecule has 0 heterocycles. The third-order valence-electron chi connectivity index (χ3n) is 4.90. The number of hydrogen-bond donors (Lipinski definition) is 2. The number of anilines is 1. The Kier molecular flexibility index (Phi) is 7.93. The molecule has 148 valence electrons. The number of amides is 1. The number of benzene rings is 2. The number of para-hydroxylation sites is 1. The summed E-state index contributed by atoms with van der Waals surface area (Å²) in [4.78, 5) is 25.0. The van der Waals surface area contributed by atoms with Crippen LogP contribution in [-0.4, -0.2) is 22.6 Å². The van der Waals surface area contributed by atoms with E-state index in [0.717, 1.165) is 16.8 Å². The van der Waals surface area contributed by atoms with E-state index < -0.39 is 5.92 Å². The zero-order valence-corrected chi connectivity index (χ0v) is 16.7. The predicted octanol–water partition coefficient (Wildman–Crippen LogP) is 5.15. The standard InChI is InChI=1S/C23H28N2O3/c1-4-19(23(27)18-12-6-5-7-13-18)20(25-28)14-9-15-21(26)24-22-16(2)10-8-11-17(22)3/h5-8,10-13,19,28H,4,9,14-15H2,1-3H3,(H,24,26)/b25-20-/t19-/m1/s1. The van der Waals surface area contributed by atoms with E-state index in [1.54, 1.807) is 12.1 Å². The van der Waals surface area contributed by atoms with Crippen molar-refractivity contribution in [3.8, 4) is 0 Å². The summed E-state index contributed by atoms with van der Waals surface area (Å²) in [5, 5.41) is 15.8. The molecular weight excluding hydrogens is 352 g/mol. The molecule has 0 unspecified atom stereocenters. The molecule has 1 amide bonds. The zero-order valence-electron chi connectivity index (χ0n) is 16.7. The summed E-state index contributed by atoms with van der Waals surface area (Å²) in [5.41, 5.74) is 3.91. The van der Waals surface area contributed by atoms with E-state index in [9.17, 15) is 14.8 Å². The number of aryl methyl sites for hydroxylation is 2. The van der Waals surface area contributed by atoms with Crippen molar-refractivity contribution in [3.63, 3.8) is 0 Å². The third kappa shape index (κ3) is 5.52. The largest absolute Gasteiger partial charge is 0.411 e. The first kappa shape index (κ1) is 21.4. The molecular formula is C23H28N2O3. The van der Waals surface area contributed by atoms with E-state index in [1.807, 2.05) is 57.2 Å². The van der Waals surface area contributed by atoms with Crippen LogP contribution in [0.4, 0.5) is 5.69 Å². The zero-order chi connectivity index (χ0) is 20.5. The number of ketones is 1. The van der Waals surface area contributed by atoms with Crippen LogP contribution >= 0.6 is 0 Å². The molecule has 0 spiro atoms. The van der Waals surface area contributed by atoms with E-state index in [-0.39, 0.29) is 11.7 Å². The lowest BCUT2D eigenvalue weighted by atomic mass is 9.88. The summed E-state index contributed by atoms with van der Waals surface area (Å²) >= 11 is 0. The Labute approximate surface area is 166 Å². The van der Waals surface area contributed by atoms with Crippen molar-refractivity contribution in [1.29, 1.82) is 0 Å². The van der Waals surface area contributed by atoms with Crippen LogP contribution in [0.3, 0.4) is 0 Å². The molecule has 0 saturated carbocycles. The van der Waals surface area contributed by atoms with Crippen LogP contribution in [0.15, 0.2) is 53.7 Å². The highest BCUT2D eigenvalue weighted by Crippen LogP contribution is 2.21. The van der Waals surface area contributed by atoms with Crippen molar-refractivity contribution >= 4 is 23.1 Å². The molecule has 0 radical (unpaired) electrons. The molecule has 0 bridgehead atoms. The van der Waals surface area contributed by atoms with Crippen molar-refractivity contribution < 1.29 is 14.8 Å². The number of rotatable bonds is 9. The maximum absolute atomic E-state index is 12.7. The number of oxime groups is 1. The van der Waals surface area contributed by atoms with Gasteiger partial charge < -0.3 is 10.5 Å². The van der Waals surface area contributed by atoms with Gasteiger partial charge in [0.15, 0.2) is 5.78 Å². The van der Waals surface area contributed by atoms with Crippen LogP contribution in [0.5, 0.6) is 0 Å². The van der Waals surface area contributed by atoms with Crippen molar-refractivity contribution in [2.75, 3.05) is 5.32 Å². The summed E-state index contributed by atoms with van der Waals surface area (Å²) in [6, 6.07) is 14.9. The molecule has 0 aliphatic carbocycles. The van der Waals surface area contributed by atoms with Gasteiger partial charge in [0.25, 0.3) is 0 Å². The lowest BCUT2D eigenvalue weighted by Crippen LogP contribution is -2.24. The minimum Gasteiger partial charge on any atom is -0.411 e. The van der Waals surface area contributed by atoms with Gasteiger partial charge in [0.1, 0.15) is 0 Å². The first-order chi connectivity index (χ1) is 13.5. The minimum atomic E-state index is -0.478. The molecule has 5 heteroatoms. The maximum atomic E-state index is 12.7. The first-order valence-corrected chi connectivity index (χ1v) is 9.64. The van der Waals surface area contributed by atoms with Crippen molar-refractivity contribution in [3.05, 3.63) is 65.2 Å². The van der Waals surface area contributed by atoms with Crippen LogP contribution in [0.2, 0.25) is 0 Å². The molecule has 0 fully saturated rings. The molecule has 2 rings (SSSR count). The Morgan fingerprint density at radius 3 is 2.21 bits per heavy atom. The van der Waals surface area contributed by atoms with Gasteiger partial charge in [0, 0.05) is 17.7 Å². The Balaban J connectivity index is 1.94. The monoisotopic (exact) mass is 380 g/mol. The van der Waals surface area contributed by atoms with Gasteiger partial charge in [-0.05, 0) is 44.2 Å². The Morgan fingerprint density at radius 1 is 1.00 bits per heavy atom. The van der Waals surface area contributed by atoms with E-state index in [4.69, 9.17) is 0 Å². The molecule has 28 heavy (non-hydrogen) atoms. The molecule has 2 aromatic carbocycles. The highest BCUT2D eigenvalue weighted by atomic mass is 16.4. The fraction of sp³-hybridized carbons (Fsp3) is 0.348. The predicted molar refractivity (Wildman–Crippen MR) is 112 cm³/mol. The van der Waals surface area contributed by atoms with Crippen LogP contribution < -0.4 is 5.32 Å². The lowest BCUT2D eigenvalue weighted by molar-refractivity contribution is -0.116. The second-order valence-electron chi connectivity index (χ2n) is 6.95. The van der Waals surface area contributed by atoms with Gasteiger partial charge in [-0.2, -0.15) is 0 Å². The number of nitrogens with zero attached hydrogens (tertiary/aromatic N) is 1. The normalized spacial score (nSPS) is 12.5. The van der Waals surface area contributed by atoms with Gasteiger partial charge in [0.05, 0.1) is 11.6 Å². The second kappa shape index (κ2) is 10.4. The summed E-state index contributed by atoms with van der Waals surface area (Å²) in [7, 11) is 0. The Hall–Kier alpha value is -2.95. The van der Waals surface area contributed by atoms with Crippen molar-refractivity contribution in [1.82, 2.24) is 0 Å². The molecule has 5 nitrogen and oxygen atoms in total. The minimum absolute atomic E-state index is 0.0594. The Morgan fingerprint density at radius 2 is 1.64 bits per heavy atom. The third-order valence-corrected chi connectivity index (χ3v) is 4.90. The van der Waals surface area contributed by atoms with Gasteiger partial charge in [0.2, 0.25) is 5.91 Å².